The predicted octanol–water partition coefficient (Wildman–Crippen LogP) is 4.14. The molecular weight excluding hydrogens is 397 g/mol. The molecule has 4 rings (SSSR count). The monoisotopic (exact) mass is 420 g/mol. The smallest absolute Gasteiger partial charge is 0.416 e. The third-order valence-electron chi connectivity index (χ3n) is 5.45. The second-order valence-electron chi connectivity index (χ2n) is 7.82. The molecule has 6 nitrogen and oxygen atoms in total. The molecule has 0 aliphatic carbocycles. The number of phenols is 1. The van der Waals surface area contributed by atoms with Crippen LogP contribution in [0.1, 0.15) is 24.0 Å². The Morgan fingerprint density at radius 2 is 1.93 bits per heavy atom. The minimum Gasteiger partial charge on any atom is -0.507 e. The van der Waals surface area contributed by atoms with E-state index >= 15 is 0 Å². The number of halogens is 3. The number of hydrogen-bond donors (Lipinski definition) is 1. The first kappa shape index (κ1) is 20.5. The van der Waals surface area contributed by atoms with Crippen molar-refractivity contribution in [3.63, 3.8) is 0 Å². The average molecular weight is 420 g/mol. The first-order valence-corrected chi connectivity index (χ1v) is 9.73. The first-order valence-electron chi connectivity index (χ1n) is 9.73. The lowest BCUT2D eigenvalue weighted by atomic mass is 10.0. The minimum atomic E-state index is -4.53. The number of hydrogen-bond acceptors (Lipinski definition) is 5. The molecular formula is C21H23F3N4O2. The normalized spacial score (nSPS) is 18.1. The first-order chi connectivity index (χ1) is 14.1. The summed E-state index contributed by atoms with van der Waals surface area (Å²) < 4.78 is 46.8. The van der Waals surface area contributed by atoms with Gasteiger partial charge in [-0.2, -0.15) is 18.2 Å². The molecule has 1 saturated heterocycles. The number of phenolic OH excluding ortho intramolecular Hbond substituents is 1. The van der Waals surface area contributed by atoms with Gasteiger partial charge >= 0.3 is 6.18 Å². The lowest BCUT2D eigenvalue weighted by Crippen LogP contribution is -2.38. The van der Waals surface area contributed by atoms with Gasteiger partial charge in [0.25, 0.3) is 0 Å². The molecule has 0 saturated carbocycles. The molecule has 2 aromatic heterocycles. The highest BCUT2D eigenvalue weighted by Crippen LogP contribution is 2.39. The molecule has 0 amide bonds. The Hall–Kier alpha value is -2.81. The van der Waals surface area contributed by atoms with E-state index in [1.807, 2.05) is 6.07 Å². The molecule has 0 bridgehead atoms. The molecule has 1 fully saturated rings. The van der Waals surface area contributed by atoms with Crippen molar-refractivity contribution >= 4 is 11.2 Å². The summed E-state index contributed by atoms with van der Waals surface area (Å²) in [6.07, 6.45) is -2.47. The maximum atomic E-state index is 13.0. The van der Waals surface area contributed by atoms with E-state index < -0.39 is 17.5 Å². The van der Waals surface area contributed by atoms with Gasteiger partial charge in [-0.15, -0.1) is 0 Å². The number of ether oxygens (including phenoxy) is 1. The highest BCUT2D eigenvalue weighted by Gasteiger charge is 2.32. The van der Waals surface area contributed by atoms with Crippen molar-refractivity contribution in [1.29, 1.82) is 0 Å². The molecule has 3 aromatic rings. The average Bonchev–Trinajstić information content (AvgIpc) is 2.96. The fourth-order valence-corrected chi connectivity index (χ4v) is 3.96. The summed E-state index contributed by atoms with van der Waals surface area (Å²) in [5.41, 5.74) is 0.735. The van der Waals surface area contributed by atoms with Crippen molar-refractivity contribution in [2.75, 3.05) is 20.1 Å². The number of imidazole rings is 1. The van der Waals surface area contributed by atoms with Crippen molar-refractivity contribution in [2.24, 2.45) is 7.05 Å². The molecule has 1 aliphatic heterocycles. The van der Waals surface area contributed by atoms with Crippen LogP contribution < -0.4 is 4.74 Å². The van der Waals surface area contributed by atoms with Crippen molar-refractivity contribution in [2.45, 2.75) is 32.0 Å². The molecule has 160 valence electrons. The summed E-state index contributed by atoms with van der Waals surface area (Å²) in [5.74, 6) is 0.332. The van der Waals surface area contributed by atoms with Crippen LogP contribution in [-0.4, -0.2) is 50.8 Å². The highest BCUT2D eigenvalue weighted by atomic mass is 19.4. The maximum Gasteiger partial charge on any atom is 0.416 e. The number of alkyl halides is 3. The Morgan fingerprint density at radius 1 is 1.17 bits per heavy atom. The van der Waals surface area contributed by atoms with Crippen molar-refractivity contribution in [3.05, 3.63) is 35.4 Å². The quantitative estimate of drug-likeness (QED) is 0.690. The van der Waals surface area contributed by atoms with Gasteiger partial charge in [0.05, 0.1) is 16.6 Å². The van der Waals surface area contributed by atoms with E-state index in [1.54, 1.807) is 17.7 Å². The molecule has 1 N–H and O–H groups in total. The minimum absolute atomic E-state index is 0.0538. The van der Waals surface area contributed by atoms with Gasteiger partial charge in [-0.25, -0.2) is 4.98 Å². The number of fused-ring (bicyclic) bond motifs is 1. The van der Waals surface area contributed by atoms with Crippen LogP contribution in [0.3, 0.4) is 0 Å². The van der Waals surface area contributed by atoms with Crippen molar-refractivity contribution in [3.8, 4) is 23.0 Å². The highest BCUT2D eigenvalue weighted by molar-refractivity contribution is 5.80. The van der Waals surface area contributed by atoms with Crippen LogP contribution in [0.5, 0.6) is 11.6 Å². The summed E-state index contributed by atoms with van der Waals surface area (Å²) in [4.78, 5) is 11.2. The van der Waals surface area contributed by atoms with Gasteiger partial charge in [-0.1, -0.05) is 0 Å². The van der Waals surface area contributed by atoms with Gasteiger partial charge in [0.2, 0.25) is 5.88 Å². The van der Waals surface area contributed by atoms with E-state index in [1.165, 1.54) is 6.92 Å². The second kappa shape index (κ2) is 7.46. The lowest BCUT2D eigenvalue weighted by Gasteiger charge is -2.29. The zero-order valence-corrected chi connectivity index (χ0v) is 17.0. The summed E-state index contributed by atoms with van der Waals surface area (Å²) >= 11 is 0. The summed E-state index contributed by atoms with van der Waals surface area (Å²) in [6.45, 7) is 3.39. The van der Waals surface area contributed by atoms with Gasteiger partial charge < -0.3 is 19.3 Å². The topological polar surface area (TPSA) is 63.4 Å². The molecule has 1 aliphatic rings. The van der Waals surface area contributed by atoms with Gasteiger partial charge in [-0.05, 0) is 57.1 Å². The number of likely N-dealkylation sites (N-methyl/N-ethyl adjacent to an activating group) is 1. The lowest BCUT2D eigenvalue weighted by molar-refractivity contribution is -0.137. The number of aromatic nitrogens is 3. The van der Waals surface area contributed by atoms with Crippen LogP contribution in [-0.2, 0) is 13.2 Å². The predicted molar refractivity (Wildman–Crippen MR) is 106 cm³/mol. The zero-order valence-electron chi connectivity index (χ0n) is 17.0. The van der Waals surface area contributed by atoms with E-state index in [0.29, 0.717) is 22.9 Å². The molecule has 0 radical (unpaired) electrons. The molecule has 3 heterocycles. The van der Waals surface area contributed by atoms with E-state index in [-0.39, 0.29) is 17.2 Å². The number of likely N-dealkylation sites (tertiary alicyclic amines) is 1. The Labute approximate surface area is 171 Å². The molecule has 0 spiro atoms. The van der Waals surface area contributed by atoms with Crippen molar-refractivity contribution in [1.82, 2.24) is 19.4 Å². The second-order valence-corrected chi connectivity index (χ2v) is 7.82. The van der Waals surface area contributed by atoms with Crippen LogP contribution in [0, 0.1) is 6.92 Å². The largest absolute Gasteiger partial charge is 0.507 e. The number of benzene rings is 1. The summed E-state index contributed by atoms with van der Waals surface area (Å²) in [6, 6.07) is 5.32. The number of nitrogens with zero attached hydrogens (tertiary/aromatic N) is 4. The standard InChI is InChI=1S/C21H23F3N4O2/c1-12-9-13(21(22,23)24)10-16(29)18(12)20-26-19-15(28(20)3)6-7-17(25-19)30-14-5-4-8-27(2)11-14/h6-7,9-10,14,29H,4-5,8,11H2,1-3H3/t14-/m1/s1. The van der Waals surface area contributed by atoms with Crippen LogP contribution in [0.2, 0.25) is 0 Å². The van der Waals surface area contributed by atoms with Crippen LogP contribution in [0.4, 0.5) is 13.2 Å². The number of piperidine rings is 1. The Kier molecular flexibility index (Phi) is 5.09. The van der Waals surface area contributed by atoms with E-state index in [0.717, 1.165) is 38.1 Å². The Balaban J connectivity index is 1.70. The number of aryl methyl sites for hydroxylation is 2. The van der Waals surface area contributed by atoms with Crippen LogP contribution in [0.25, 0.3) is 22.6 Å². The molecule has 30 heavy (non-hydrogen) atoms. The molecule has 9 heteroatoms. The van der Waals surface area contributed by atoms with Gasteiger partial charge in [0.15, 0.2) is 5.65 Å². The van der Waals surface area contributed by atoms with Crippen LogP contribution in [0.15, 0.2) is 24.3 Å². The summed E-state index contributed by atoms with van der Waals surface area (Å²) in [7, 11) is 3.79. The number of pyridine rings is 1. The van der Waals surface area contributed by atoms with Crippen molar-refractivity contribution < 1.29 is 23.0 Å². The fraction of sp³-hybridized carbons (Fsp3) is 0.429. The number of aromatic hydroxyl groups is 1. The molecule has 0 unspecified atom stereocenters. The fourth-order valence-electron chi connectivity index (χ4n) is 3.96. The third-order valence-corrected chi connectivity index (χ3v) is 5.45. The van der Waals surface area contributed by atoms with E-state index in [4.69, 9.17) is 4.74 Å². The Morgan fingerprint density at radius 3 is 2.60 bits per heavy atom. The van der Waals surface area contributed by atoms with E-state index in [9.17, 15) is 18.3 Å². The maximum absolute atomic E-state index is 13.0. The Bertz CT molecular complexity index is 1070. The summed E-state index contributed by atoms with van der Waals surface area (Å²) in [5, 5.41) is 10.3. The van der Waals surface area contributed by atoms with Gasteiger partial charge in [0, 0.05) is 19.7 Å². The van der Waals surface area contributed by atoms with Gasteiger partial charge in [0.1, 0.15) is 17.7 Å². The molecule has 1 aromatic carbocycles. The van der Waals surface area contributed by atoms with Crippen LogP contribution >= 0.6 is 0 Å². The zero-order chi connectivity index (χ0) is 21.6. The van der Waals surface area contributed by atoms with Gasteiger partial charge in [-0.3, -0.25) is 0 Å². The van der Waals surface area contributed by atoms with E-state index in [2.05, 4.69) is 21.9 Å². The molecule has 1 atom stereocenters. The SMILES string of the molecule is Cc1cc(C(F)(F)F)cc(O)c1-c1nc2nc(O[C@@H]3CCCN(C)C3)ccc2n1C. The number of rotatable bonds is 3. The third kappa shape index (κ3) is 3.81.